The smallest absolute Gasteiger partial charge is 0.320 e. The molecule has 2 rings (SSSR count). The molecular formula is C15H12BrF2O3P. The molecule has 7 heteroatoms. The second-order valence-corrected chi connectivity index (χ2v) is 7.16. The first-order chi connectivity index (χ1) is 10.2. The highest BCUT2D eigenvalue weighted by Crippen LogP contribution is 2.59. The molecule has 3 nitrogen and oxygen atoms in total. The highest BCUT2D eigenvalue weighted by molar-refractivity contribution is 9.10. The maximum atomic E-state index is 13.7. The third-order valence-electron chi connectivity index (χ3n) is 2.94. The summed E-state index contributed by atoms with van der Waals surface area (Å²) in [4.78, 5) is 17.5. The molecule has 0 aliphatic heterocycles. The highest BCUT2D eigenvalue weighted by atomic mass is 79.9. The molecule has 0 amide bonds. The zero-order valence-electron chi connectivity index (χ0n) is 11.2. The third kappa shape index (κ3) is 3.90. The Morgan fingerprint density at radius 1 is 1.00 bits per heavy atom. The van der Waals surface area contributed by atoms with E-state index in [-0.39, 0.29) is 0 Å². The van der Waals surface area contributed by atoms with Gasteiger partial charge >= 0.3 is 13.3 Å². The predicted octanol–water partition coefficient (Wildman–Crippen LogP) is 4.85. The van der Waals surface area contributed by atoms with Crippen LogP contribution in [-0.2, 0) is 10.2 Å². The Morgan fingerprint density at radius 3 is 2.18 bits per heavy atom. The molecule has 0 aromatic heterocycles. The summed E-state index contributed by atoms with van der Waals surface area (Å²) in [6.45, 7) is 0. The molecule has 0 radical (unpaired) electrons. The lowest BCUT2D eigenvalue weighted by Crippen LogP contribution is -2.13. The van der Waals surface area contributed by atoms with E-state index in [1.165, 1.54) is 6.07 Å². The fourth-order valence-electron chi connectivity index (χ4n) is 1.76. The van der Waals surface area contributed by atoms with Crippen molar-refractivity contribution in [3.05, 3.63) is 69.7 Å². The van der Waals surface area contributed by atoms with Crippen LogP contribution < -0.4 is 0 Å². The van der Waals surface area contributed by atoms with Crippen molar-refractivity contribution in [1.82, 2.24) is 0 Å². The van der Waals surface area contributed by atoms with Gasteiger partial charge in [0, 0.05) is 10.0 Å². The maximum absolute atomic E-state index is 13.7. The van der Waals surface area contributed by atoms with Crippen LogP contribution in [0.3, 0.4) is 0 Å². The molecule has 0 fully saturated rings. The quantitative estimate of drug-likeness (QED) is 0.581. The second kappa shape index (κ2) is 6.42. The SMILES string of the molecule is O=P(O)(O)C(F)(F)c1cccc(/C=C\c2ccc(Br)cc2)c1. The molecule has 0 unspecified atom stereocenters. The summed E-state index contributed by atoms with van der Waals surface area (Å²) in [6, 6.07) is 12.3. The van der Waals surface area contributed by atoms with E-state index in [0.29, 0.717) is 5.56 Å². The summed E-state index contributed by atoms with van der Waals surface area (Å²) in [7, 11) is -5.56. The predicted molar refractivity (Wildman–Crippen MR) is 85.5 cm³/mol. The van der Waals surface area contributed by atoms with Gasteiger partial charge in [0.1, 0.15) is 0 Å². The molecule has 0 aliphatic rings. The molecule has 0 bridgehead atoms. The van der Waals surface area contributed by atoms with Gasteiger partial charge in [-0.2, -0.15) is 8.78 Å². The van der Waals surface area contributed by atoms with E-state index >= 15 is 0 Å². The fourth-order valence-corrected chi connectivity index (χ4v) is 2.50. The highest BCUT2D eigenvalue weighted by Gasteiger charge is 2.50. The van der Waals surface area contributed by atoms with Crippen LogP contribution in [0, 0.1) is 0 Å². The molecule has 0 spiro atoms. The van der Waals surface area contributed by atoms with Gasteiger partial charge in [-0.1, -0.05) is 58.4 Å². The fraction of sp³-hybridized carbons (Fsp3) is 0.0667. The van der Waals surface area contributed by atoms with E-state index in [2.05, 4.69) is 15.9 Å². The molecule has 0 heterocycles. The van der Waals surface area contributed by atoms with E-state index in [1.807, 2.05) is 24.3 Å². The second-order valence-electron chi connectivity index (χ2n) is 4.60. The number of rotatable bonds is 4. The topological polar surface area (TPSA) is 57.5 Å². The van der Waals surface area contributed by atoms with E-state index in [0.717, 1.165) is 22.2 Å². The van der Waals surface area contributed by atoms with Gasteiger partial charge in [0.15, 0.2) is 0 Å². The van der Waals surface area contributed by atoms with Gasteiger partial charge in [-0.15, -0.1) is 0 Å². The summed E-state index contributed by atoms with van der Waals surface area (Å²) >= 11 is 3.31. The van der Waals surface area contributed by atoms with Crippen molar-refractivity contribution in [3.63, 3.8) is 0 Å². The van der Waals surface area contributed by atoms with Crippen molar-refractivity contribution in [2.24, 2.45) is 0 Å². The standard InChI is InChI=1S/C15H12BrF2O3P/c16-14-8-6-11(7-9-14)4-5-12-2-1-3-13(10-12)15(17,18)22(19,20)21/h1-10H,(H2,19,20,21)/b5-4-. The Hall–Kier alpha value is -1.33. The van der Waals surface area contributed by atoms with Crippen LogP contribution in [-0.4, -0.2) is 9.79 Å². The van der Waals surface area contributed by atoms with Crippen LogP contribution in [0.4, 0.5) is 8.78 Å². The minimum absolute atomic E-state index is 0.425. The van der Waals surface area contributed by atoms with E-state index in [1.54, 1.807) is 18.2 Å². The Labute approximate surface area is 134 Å². The van der Waals surface area contributed by atoms with Gasteiger partial charge in [0.2, 0.25) is 0 Å². The first-order valence-corrected chi connectivity index (χ1v) is 8.58. The van der Waals surface area contributed by atoms with Crippen LogP contribution in [0.15, 0.2) is 53.0 Å². The van der Waals surface area contributed by atoms with E-state index in [4.69, 9.17) is 9.79 Å². The Kier molecular flexibility index (Phi) is 4.97. The average molecular weight is 389 g/mol. The largest absolute Gasteiger partial charge is 0.399 e. The molecule has 0 atom stereocenters. The van der Waals surface area contributed by atoms with Crippen molar-refractivity contribution >= 4 is 35.7 Å². The molecule has 2 N–H and O–H groups in total. The Morgan fingerprint density at radius 2 is 1.59 bits per heavy atom. The summed E-state index contributed by atoms with van der Waals surface area (Å²) in [5.41, 5.74) is -3.61. The van der Waals surface area contributed by atoms with Crippen LogP contribution in [0.2, 0.25) is 0 Å². The van der Waals surface area contributed by atoms with E-state index < -0.39 is 18.8 Å². The molecule has 2 aromatic carbocycles. The number of hydrogen-bond acceptors (Lipinski definition) is 1. The number of halogens is 3. The van der Waals surface area contributed by atoms with Crippen LogP contribution in [0.5, 0.6) is 0 Å². The molecule has 2 aromatic rings. The number of benzene rings is 2. The first-order valence-electron chi connectivity index (χ1n) is 6.18. The van der Waals surface area contributed by atoms with Crippen molar-refractivity contribution < 1.29 is 23.1 Å². The van der Waals surface area contributed by atoms with Crippen molar-refractivity contribution in [1.29, 1.82) is 0 Å². The van der Waals surface area contributed by atoms with Crippen molar-refractivity contribution in [3.8, 4) is 0 Å². The van der Waals surface area contributed by atoms with Crippen molar-refractivity contribution in [2.75, 3.05) is 0 Å². The average Bonchev–Trinajstić information content (AvgIpc) is 2.46. The lowest BCUT2D eigenvalue weighted by molar-refractivity contribution is 0.0564. The molecule has 22 heavy (non-hydrogen) atoms. The summed E-state index contributed by atoms with van der Waals surface area (Å²) in [5.74, 6) is 0. The zero-order valence-corrected chi connectivity index (χ0v) is 13.6. The lowest BCUT2D eigenvalue weighted by atomic mass is 10.1. The van der Waals surface area contributed by atoms with Gasteiger partial charge in [0.05, 0.1) is 0 Å². The Bertz CT molecular complexity index is 739. The molecule has 0 saturated carbocycles. The lowest BCUT2D eigenvalue weighted by Gasteiger charge is -2.18. The van der Waals surface area contributed by atoms with Gasteiger partial charge in [-0.3, -0.25) is 4.57 Å². The zero-order chi connectivity index (χ0) is 16.4. The monoisotopic (exact) mass is 388 g/mol. The minimum Gasteiger partial charge on any atom is -0.320 e. The molecule has 0 saturated heterocycles. The summed E-state index contributed by atoms with van der Waals surface area (Å²) < 4.78 is 39.1. The van der Waals surface area contributed by atoms with Gasteiger partial charge < -0.3 is 9.79 Å². The van der Waals surface area contributed by atoms with Crippen LogP contribution in [0.1, 0.15) is 16.7 Å². The molecule has 0 aliphatic carbocycles. The third-order valence-corrected chi connectivity index (χ3v) is 4.46. The maximum Gasteiger partial charge on any atom is 0.399 e. The van der Waals surface area contributed by atoms with Gasteiger partial charge in [-0.25, -0.2) is 0 Å². The normalized spacial score (nSPS) is 12.8. The van der Waals surface area contributed by atoms with E-state index in [9.17, 15) is 13.3 Å². The van der Waals surface area contributed by atoms with Crippen LogP contribution >= 0.6 is 23.5 Å². The summed E-state index contributed by atoms with van der Waals surface area (Å²) in [6.07, 6.45) is 3.32. The van der Waals surface area contributed by atoms with Crippen LogP contribution in [0.25, 0.3) is 12.2 Å². The van der Waals surface area contributed by atoms with Crippen molar-refractivity contribution in [2.45, 2.75) is 5.66 Å². The number of alkyl halides is 2. The molecule has 116 valence electrons. The summed E-state index contributed by atoms with van der Waals surface area (Å²) in [5, 5.41) is 0. The van der Waals surface area contributed by atoms with Gasteiger partial charge in [0.25, 0.3) is 0 Å². The first kappa shape index (κ1) is 17.0. The molecular weight excluding hydrogens is 377 g/mol. The number of hydrogen-bond donors (Lipinski definition) is 2. The Balaban J connectivity index is 2.29. The minimum atomic E-state index is -5.56. The van der Waals surface area contributed by atoms with Gasteiger partial charge in [-0.05, 0) is 29.3 Å².